The maximum absolute atomic E-state index is 5.21. The van der Waals surface area contributed by atoms with Gasteiger partial charge >= 0.3 is 0 Å². The summed E-state index contributed by atoms with van der Waals surface area (Å²) in [5.41, 5.74) is 0. The molecule has 0 amide bonds. The molecule has 0 bridgehead atoms. The van der Waals surface area contributed by atoms with Gasteiger partial charge in [0.25, 0.3) is 0 Å². The van der Waals surface area contributed by atoms with Gasteiger partial charge in [-0.2, -0.15) is 0 Å². The van der Waals surface area contributed by atoms with Crippen molar-refractivity contribution in [3.63, 3.8) is 0 Å². The highest BCUT2D eigenvalue weighted by molar-refractivity contribution is 5.32. The molecule has 0 aliphatic heterocycles. The molecule has 1 aromatic heterocycles. The zero-order chi connectivity index (χ0) is 9.36. The van der Waals surface area contributed by atoms with Gasteiger partial charge in [0.2, 0.25) is 0 Å². The Balaban J connectivity index is 2.07. The number of anilines is 1. The standard InChI is InChI=1S/C10H16N2O/c1-2-13-9-5-8-12-10-6-3-4-7-11-10/h3-4,6-7H,2,5,8-9H2,1H3,(H,11,12). The van der Waals surface area contributed by atoms with Gasteiger partial charge in [0.15, 0.2) is 0 Å². The SMILES string of the molecule is CCOCCCNc1ccccn1. The van der Waals surface area contributed by atoms with Crippen LogP contribution in [0.25, 0.3) is 0 Å². The quantitative estimate of drug-likeness (QED) is 0.679. The van der Waals surface area contributed by atoms with Gasteiger partial charge in [-0.25, -0.2) is 4.98 Å². The van der Waals surface area contributed by atoms with E-state index in [4.69, 9.17) is 4.74 Å². The summed E-state index contributed by atoms with van der Waals surface area (Å²) in [4.78, 5) is 4.14. The zero-order valence-electron chi connectivity index (χ0n) is 7.99. The number of hydrogen-bond donors (Lipinski definition) is 1. The second-order valence-corrected chi connectivity index (χ2v) is 2.69. The van der Waals surface area contributed by atoms with Crippen molar-refractivity contribution in [3.8, 4) is 0 Å². The molecule has 1 rings (SSSR count). The van der Waals surface area contributed by atoms with Crippen LogP contribution >= 0.6 is 0 Å². The van der Waals surface area contributed by atoms with Crippen molar-refractivity contribution in [1.29, 1.82) is 0 Å². The first kappa shape index (κ1) is 9.99. The van der Waals surface area contributed by atoms with Crippen molar-refractivity contribution in [2.24, 2.45) is 0 Å². The third-order valence-corrected chi connectivity index (χ3v) is 1.64. The molecule has 1 aromatic rings. The summed E-state index contributed by atoms with van der Waals surface area (Å²) < 4.78 is 5.21. The number of aromatic nitrogens is 1. The van der Waals surface area contributed by atoms with Crippen molar-refractivity contribution < 1.29 is 4.74 Å². The van der Waals surface area contributed by atoms with Gasteiger partial charge in [0, 0.05) is 26.0 Å². The Morgan fingerprint density at radius 2 is 2.38 bits per heavy atom. The van der Waals surface area contributed by atoms with Crippen molar-refractivity contribution in [2.45, 2.75) is 13.3 Å². The zero-order valence-corrected chi connectivity index (χ0v) is 7.99. The van der Waals surface area contributed by atoms with Crippen molar-refractivity contribution in [2.75, 3.05) is 25.1 Å². The fraction of sp³-hybridized carbons (Fsp3) is 0.500. The smallest absolute Gasteiger partial charge is 0.125 e. The molecule has 0 aliphatic rings. The van der Waals surface area contributed by atoms with Gasteiger partial charge in [-0.1, -0.05) is 6.07 Å². The van der Waals surface area contributed by atoms with Gasteiger partial charge in [-0.15, -0.1) is 0 Å². The highest BCUT2D eigenvalue weighted by Gasteiger charge is 1.90. The Bertz CT molecular complexity index is 213. The first-order valence-electron chi connectivity index (χ1n) is 4.66. The average Bonchev–Trinajstić information content (AvgIpc) is 2.19. The molecule has 0 aliphatic carbocycles. The summed E-state index contributed by atoms with van der Waals surface area (Å²) in [6.45, 7) is 4.53. The summed E-state index contributed by atoms with van der Waals surface area (Å²) >= 11 is 0. The fourth-order valence-electron chi connectivity index (χ4n) is 1.00. The van der Waals surface area contributed by atoms with Crippen LogP contribution in [0, 0.1) is 0 Å². The summed E-state index contributed by atoms with van der Waals surface area (Å²) in [5, 5.41) is 3.21. The Morgan fingerprint density at radius 1 is 1.46 bits per heavy atom. The van der Waals surface area contributed by atoms with Crippen LogP contribution in [0.2, 0.25) is 0 Å². The second-order valence-electron chi connectivity index (χ2n) is 2.69. The van der Waals surface area contributed by atoms with Crippen molar-refractivity contribution >= 4 is 5.82 Å². The van der Waals surface area contributed by atoms with Gasteiger partial charge in [0.1, 0.15) is 5.82 Å². The van der Waals surface area contributed by atoms with E-state index in [0.29, 0.717) is 0 Å². The van der Waals surface area contributed by atoms with Gasteiger partial charge in [-0.05, 0) is 25.5 Å². The van der Waals surface area contributed by atoms with E-state index in [1.165, 1.54) is 0 Å². The highest BCUT2D eigenvalue weighted by Crippen LogP contribution is 1.99. The second kappa shape index (κ2) is 6.43. The van der Waals surface area contributed by atoms with Crippen LogP contribution in [-0.2, 0) is 4.74 Å². The predicted molar refractivity (Wildman–Crippen MR) is 53.8 cm³/mol. The molecule has 1 N–H and O–H groups in total. The van der Waals surface area contributed by atoms with Crippen LogP contribution < -0.4 is 5.32 Å². The lowest BCUT2D eigenvalue weighted by Gasteiger charge is -2.04. The number of rotatable bonds is 6. The van der Waals surface area contributed by atoms with Crippen molar-refractivity contribution in [1.82, 2.24) is 4.98 Å². The molecule has 0 fully saturated rings. The molecule has 3 nitrogen and oxygen atoms in total. The number of nitrogens with zero attached hydrogens (tertiary/aromatic N) is 1. The Kier molecular flexibility index (Phi) is 4.94. The summed E-state index contributed by atoms with van der Waals surface area (Å²) in [6, 6.07) is 5.84. The van der Waals surface area contributed by atoms with Crippen LogP contribution in [0.1, 0.15) is 13.3 Å². The van der Waals surface area contributed by atoms with Crippen LogP contribution in [0.3, 0.4) is 0 Å². The summed E-state index contributed by atoms with van der Waals surface area (Å²) in [6.07, 6.45) is 2.80. The van der Waals surface area contributed by atoms with E-state index < -0.39 is 0 Å². The third kappa shape index (κ3) is 4.48. The normalized spacial score (nSPS) is 9.92. The molecule has 1 heterocycles. The maximum atomic E-state index is 5.21. The number of ether oxygens (including phenoxy) is 1. The first-order valence-corrected chi connectivity index (χ1v) is 4.66. The third-order valence-electron chi connectivity index (χ3n) is 1.64. The van der Waals surface area contributed by atoms with Gasteiger partial charge in [0.05, 0.1) is 0 Å². The lowest BCUT2D eigenvalue weighted by molar-refractivity contribution is 0.147. The minimum atomic E-state index is 0.795. The number of nitrogens with one attached hydrogen (secondary N) is 1. The van der Waals surface area contributed by atoms with E-state index in [-0.39, 0.29) is 0 Å². The van der Waals surface area contributed by atoms with Crippen LogP contribution in [-0.4, -0.2) is 24.7 Å². The van der Waals surface area contributed by atoms with Gasteiger partial charge < -0.3 is 10.1 Å². The molecule has 72 valence electrons. The minimum Gasteiger partial charge on any atom is -0.382 e. The van der Waals surface area contributed by atoms with E-state index >= 15 is 0 Å². The number of hydrogen-bond acceptors (Lipinski definition) is 3. The van der Waals surface area contributed by atoms with E-state index in [2.05, 4.69) is 10.3 Å². The van der Waals surface area contributed by atoms with E-state index in [1.807, 2.05) is 25.1 Å². The molecule has 13 heavy (non-hydrogen) atoms. The Hall–Kier alpha value is -1.09. The molecule has 0 radical (unpaired) electrons. The molecule has 0 saturated carbocycles. The molecule has 0 spiro atoms. The Labute approximate surface area is 79.1 Å². The predicted octanol–water partition coefficient (Wildman–Crippen LogP) is 1.92. The summed E-state index contributed by atoms with van der Waals surface area (Å²) in [7, 11) is 0. The average molecular weight is 180 g/mol. The topological polar surface area (TPSA) is 34.1 Å². The molecule has 0 unspecified atom stereocenters. The molecule has 0 aromatic carbocycles. The van der Waals surface area contributed by atoms with Crippen LogP contribution in [0.4, 0.5) is 5.82 Å². The fourth-order valence-corrected chi connectivity index (χ4v) is 1.00. The monoisotopic (exact) mass is 180 g/mol. The maximum Gasteiger partial charge on any atom is 0.125 e. The van der Waals surface area contributed by atoms with Crippen LogP contribution in [0.5, 0.6) is 0 Å². The molecular formula is C10H16N2O. The van der Waals surface area contributed by atoms with Crippen molar-refractivity contribution in [3.05, 3.63) is 24.4 Å². The van der Waals surface area contributed by atoms with E-state index in [0.717, 1.165) is 32.0 Å². The lowest BCUT2D eigenvalue weighted by Crippen LogP contribution is -2.06. The molecule has 3 heteroatoms. The minimum absolute atomic E-state index is 0.795. The summed E-state index contributed by atoms with van der Waals surface area (Å²) in [5.74, 6) is 0.930. The van der Waals surface area contributed by atoms with Crippen LogP contribution in [0.15, 0.2) is 24.4 Å². The molecule has 0 atom stereocenters. The van der Waals surface area contributed by atoms with Gasteiger partial charge in [-0.3, -0.25) is 0 Å². The van der Waals surface area contributed by atoms with E-state index in [9.17, 15) is 0 Å². The molecule has 0 saturated heterocycles. The largest absolute Gasteiger partial charge is 0.382 e. The molecular weight excluding hydrogens is 164 g/mol. The first-order chi connectivity index (χ1) is 6.43. The highest BCUT2D eigenvalue weighted by atomic mass is 16.5. The lowest BCUT2D eigenvalue weighted by atomic mass is 10.4. The Morgan fingerprint density at radius 3 is 3.08 bits per heavy atom. The number of pyridine rings is 1. The van der Waals surface area contributed by atoms with E-state index in [1.54, 1.807) is 6.20 Å².